The molecule has 0 bridgehead atoms. The molecule has 0 saturated carbocycles. The summed E-state index contributed by atoms with van der Waals surface area (Å²) in [4.78, 5) is 19.2. The van der Waals surface area contributed by atoms with Crippen LogP contribution in [0.15, 0.2) is 75.3 Å². The zero-order valence-electron chi connectivity index (χ0n) is 15.2. The van der Waals surface area contributed by atoms with E-state index in [-0.39, 0.29) is 5.56 Å². The first kappa shape index (κ1) is 18.9. The van der Waals surface area contributed by atoms with Crippen molar-refractivity contribution in [3.63, 3.8) is 0 Å². The van der Waals surface area contributed by atoms with Crippen LogP contribution in [0.1, 0.15) is 10.4 Å². The summed E-state index contributed by atoms with van der Waals surface area (Å²) in [5, 5.41) is 7.49. The molecule has 0 saturated heterocycles. The van der Waals surface area contributed by atoms with Gasteiger partial charge in [-0.25, -0.2) is 4.98 Å². The maximum atomic E-state index is 13.2. The highest BCUT2D eigenvalue weighted by Crippen LogP contribution is 2.33. The van der Waals surface area contributed by atoms with E-state index in [1.54, 1.807) is 39.0 Å². The smallest absolute Gasteiger partial charge is 0.262 e. The zero-order valence-corrected chi connectivity index (χ0v) is 18.4. The molecule has 0 N–H and O–H groups in total. The molecule has 0 unspecified atom stereocenters. The molecule has 0 amide bonds. The molecular formula is C22H15ClN2OS3. The average Bonchev–Trinajstić information content (AvgIpc) is 3.38. The monoisotopic (exact) mass is 454 g/mol. The Morgan fingerprint density at radius 2 is 1.93 bits per heavy atom. The summed E-state index contributed by atoms with van der Waals surface area (Å²) in [7, 11) is 0. The molecule has 144 valence electrons. The van der Waals surface area contributed by atoms with Crippen LogP contribution in [0.4, 0.5) is 0 Å². The van der Waals surface area contributed by atoms with Crippen LogP contribution >= 0.6 is 46.0 Å². The van der Waals surface area contributed by atoms with Crippen molar-refractivity contribution in [3.05, 3.63) is 91.2 Å². The van der Waals surface area contributed by atoms with E-state index in [2.05, 4.69) is 17.5 Å². The van der Waals surface area contributed by atoms with Crippen LogP contribution in [0.5, 0.6) is 0 Å². The topological polar surface area (TPSA) is 34.9 Å². The predicted molar refractivity (Wildman–Crippen MR) is 126 cm³/mol. The maximum Gasteiger partial charge on any atom is 0.262 e. The molecule has 0 aliphatic carbocycles. The highest BCUT2D eigenvalue weighted by molar-refractivity contribution is 7.98. The lowest BCUT2D eigenvalue weighted by molar-refractivity contribution is 0.664. The minimum Gasteiger partial charge on any atom is -0.282 e. The third kappa shape index (κ3) is 3.73. The number of halogens is 1. The summed E-state index contributed by atoms with van der Waals surface area (Å²) in [5.74, 6) is 0.732. The molecule has 3 nitrogen and oxygen atoms in total. The van der Waals surface area contributed by atoms with Gasteiger partial charge in [0.1, 0.15) is 0 Å². The third-order valence-corrected chi connectivity index (χ3v) is 7.83. The summed E-state index contributed by atoms with van der Waals surface area (Å²) in [6, 6.07) is 17.6. The van der Waals surface area contributed by atoms with Crippen LogP contribution in [-0.2, 0) is 12.3 Å². The van der Waals surface area contributed by atoms with Crippen molar-refractivity contribution in [2.45, 2.75) is 17.5 Å². The van der Waals surface area contributed by atoms with Crippen LogP contribution in [-0.4, -0.2) is 9.55 Å². The quantitative estimate of drug-likeness (QED) is 0.220. The fourth-order valence-electron chi connectivity index (χ4n) is 3.26. The van der Waals surface area contributed by atoms with Crippen molar-refractivity contribution in [3.8, 4) is 0 Å². The van der Waals surface area contributed by atoms with Crippen LogP contribution in [0.25, 0.3) is 21.0 Å². The number of nitrogens with zero attached hydrogens (tertiary/aromatic N) is 2. The van der Waals surface area contributed by atoms with Gasteiger partial charge in [-0.05, 0) is 58.1 Å². The Bertz CT molecular complexity index is 1370. The number of thiophene rings is 2. The van der Waals surface area contributed by atoms with Gasteiger partial charge >= 0.3 is 0 Å². The Hall–Kier alpha value is -2.12. The van der Waals surface area contributed by atoms with Gasteiger partial charge in [0.25, 0.3) is 5.56 Å². The first-order valence-corrected chi connectivity index (χ1v) is 12.1. The van der Waals surface area contributed by atoms with Gasteiger partial charge in [-0.2, -0.15) is 0 Å². The summed E-state index contributed by atoms with van der Waals surface area (Å²) < 4.78 is 3.01. The number of fused-ring (bicyclic) bond motifs is 2. The molecule has 5 rings (SSSR count). The van der Waals surface area contributed by atoms with Crippen molar-refractivity contribution in [2.75, 3.05) is 0 Å². The number of hydrogen-bond acceptors (Lipinski definition) is 5. The predicted octanol–water partition coefficient (Wildman–Crippen LogP) is 6.67. The number of para-hydroxylation sites is 1. The molecule has 0 fully saturated rings. The Morgan fingerprint density at radius 3 is 2.79 bits per heavy atom. The van der Waals surface area contributed by atoms with E-state index in [1.165, 1.54) is 15.6 Å². The van der Waals surface area contributed by atoms with Crippen LogP contribution in [0.2, 0.25) is 5.02 Å². The van der Waals surface area contributed by atoms with Gasteiger partial charge in [0.15, 0.2) is 5.16 Å². The number of thioether (sulfide) groups is 1. The van der Waals surface area contributed by atoms with Crippen LogP contribution < -0.4 is 5.56 Å². The molecule has 0 radical (unpaired) electrons. The van der Waals surface area contributed by atoms with Crippen molar-refractivity contribution in [1.29, 1.82) is 0 Å². The van der Waals surface area contributed by atoms with Gasteiger partial charge in [0, 0.05) is 20.4 Å². The van der Waals surface area contributed by atoms with E-state index in [0.717, 1.165) is 26.3 Å². The van der Waals surface area contributed by atoms with E-state index in [9.17, 15) is 4.79 Å². The SMILES string of the molecule is O=c1c2ccccc2nc(SCc2csc3ccc(Cl)cc23)n1Cc1cccs1. The molecule has 3 heterocycles. The summed E-state index contributed by atoms with van der Waals surface area (Å²) >= 11 is 11.2. The van der Waals surface area contributed by atoms with Crippen LogP contribution in [0.3, 0.4) is 0 Å². The highest BCUT2D eigenvalue weighted by Gasteiger charge is 2.14. The number of benzene rings is 2. The zero-order chi connectivity index (χ0) is 19.8. The lowest BCUT2D eigenvalue weighted by atomic mass is 10.2. The highest BCUT2D eigenvalue weighted by atomic mass is 35.5. The number of hydrogen-bond donors (Lipinski definition) is 0. The van der Waals surface area contributed by atoms with Gasteiger partial charge < -0.3 is 0 Å². The molecule has 5 aromatic rings. The minimum atomic E-state index is 0.00437. The largest absolute Gasteiger partial charge is 0.282 e. The first-order chi connectivity index (χ1) is 14.2. The van der Waals surface area contributed by atoms with E-state index in [4.69, 9.17) is 16.6 Å². The minimum absolute atomic E-state index is 0.00437. The fourth-order valence-corrected chi connectivity index (χ4v) is 6.17. The standard InChI is InChI=1S/C22H15ClN2OS3/c23-15-7-8-20-18(10-15)14(12-28-20)13-29-22-24-19-6-2-1-5-17(19)21(26)25(22)11-16-4-3-9-27-16/h1-10,12H,11,13H2. The van der Waals surface area contributed by atoms with E-state index in [0.29, 0.717) is 11.9 Å². The van der Waals surface area contributed by atoms with Crippen molar-refractivity contribution in [2.24, 2.45) is 0 Å². The van der Waals surface area contributed by atoms with Gasteiger partial charge in [0.05, 0.1) is 17.4 Å². The second kappa shape index (κ2) is 7.95. The van der Waals surface area contributed by atoms with E-state index in [1.807, 2.05) is 47.8 Å². The van der Waals surface area contributed by atoms with Gasteiger partial charge in [-0.15, -0.1) is 22.7 Å². The summed E-state index contributed by atoms with van der Waals surface area (Å²) in [6.45, 7) is 0.535. The van der Waals surface area contributed by atoms with Gasteiger partial charge in [-0.3, -0.25) is 9.36 Å². The molecule has 0 aliphatic rings. The number of rotatable bonds is 5. The Balaban J connectivity index is 1.55. The molecule has 2 aromatic carbocycles. The van der Waals surface area contributed by atoms with Crippen LogP contribution in [0, 0.1) is 0 Å². The lowest BCUT2D eigenvalue weighted by Crippen LogP contribution is -2.23. The second-order valence-electron chi connectivity index (χ2n) is 6.57. The Morgan fingerprint density at radius 1 is 1.03 bits per heavy atom. The summed E-state index contributed by atoms with van der Waals surface area (Å²) in [5.41, 5.74) is 1.95. The first-order valence-electron chi connectivity index (χ1n) is 8.99. The van der Waals surface area contributed by atoms with Gasteiger partial charge in [-0.1, -0.05) is 41.6 Å². The third-order valence-electron chi connectivity index (χ3n) is 4.69. The van der Waals surface area contributed by atoms with E-state index >= 15 is 0 Å². The molecule has 0 spiro atoms. The van der Waals surface area contributed by atoms with Crippen molar-refractivity contribution < 1.29 is 0 Å². The Kier molecular flexibility index (Phi) is 5.18. The molecular weight excluding hydrogens is 440 g/mol. The molecule has 0 aliphatic heterocycles. The molecule has 3 aromatic heterocycles. The molecule has 29 heavy (non-hydrogen) atoms. The van der Waals surface area contributed by atoms with Crippen molar-refractivity contribution >= 4 is 67.0 Å². The van der Waals surface area contributed by atoms with Gasteiger partial charge in [0.2, 0.25) is 0 Å². The Labute approximate surface area is 184 Å². The lowest BCUT2D eigenvalue weighted by Gasteiger charge is -2.12. The molecule has 0 atom stereocenters. The maximum absolute atomic E-state index is 13.2. The van der Waals surface area contributed by atoms with E-state index < -0.39 is 0 Å². The normalized spacial score (nSPS) is 11.5. The second-order valence-corrected chi connectivity index (χ2v) is 9.89. The molecule has 7 heteroatoms. The van der Waals surface area contributed by atoms with Crippen molar-refractivity contribution in [1.82, 2.24) is 9.55 Å². The fraction of sp³-hybridized carbons (Fsp3) is 0.0909. The average molecular weight is 455 g/mol. The number of aromatic nitrogens is 2. The summed E-state index contributed by atoms with van der Waals surface area (Å²) in [6.07, 6.45) is 0.